The number of aromatic nitrogens is 1. The van der Waals surface area contributed by atoms with E-state index in [0.717, 1.165) is 35.1 Å². The molecule has 0 aliphatic heterocycles. The zero-order valence-corrected chi connectivity index (χ0v) is 16.7. The first-order valence-corrected chi connectivity index (χ1v) is 10.6. The number of hydrogen-bond donors (Lipinski definition) is 1. The van der Waals surface area contributed by atoms with Crippen molar-refractivity contribution >= 4 is 10.0 Å². The number of rotatable bonds is 6. The molecule has 0 atom stereocenters. The second kappa shape index (κ2) is 7.04. The molecule has 0 amide bonds. The summed E-state index contributed by atoms with van der Waals surface area (Å²) in [6, 6.07) is 16.8. The Labute approximate surface area is 165 Å². The largest absolute Gasteiger partial charge is 0.494 e. The maximum Gasteiger partial charge on any atom is 0.241 e. The Morgan fingerprint density at radius 2 is 1.86 bits per heavy atom. The van der Waals surface area contributed by atoms with Crippen LogP contribution in [0.2, 0.25) is 0 Å². The molecule has 1 heterocycles. The van der Waals surface area contributed by atoms with Gasteiger partial charge in [-0.25, -0.2) is 13.1 Å². The van der Waals surface area contributed by atoms with E-state index in [-0.39, 0.29) is 0 Å². The molecule has 1 N–H and O–H groups in total. The molecule has 5 nitrogen and oxygen atoms in total. The van der Waals surface area contributed by atoms with Crippen LogP contribution in [0, 0.1) is 6.92 Å². The quantitative estimate of drug-likeness (QED) is 0.685. The molecule has 2 aromatic carbocycles. The summed E-state index contributed by atoms with van der Waals surface area (Å²) < 4.78 is 34.2. The smallest absolute Gasteiger partial charge is 0.241 e. The number of methoxy groups -OCH3 is 1. The molecule has 144 valence electrons. The normalized spacial score (nSPS) is 15.2. The van der Waals surface area contributed by atoms with E-state index in [9.17, 15) is 8.42 Å². The van der Waals surface area contributed by atoms with Crippen LogP contribution in [0.25, 0.3) is 11.1 Å². The van der Waals surface area contributed by atoms with E-state index in [2.05, 4.69) is 9.71 Å². The molecule has 0 unspecified atom stereocenters. The first-order chi connectivity index (χ1) is 13.4. The summed E-state index contributed by atoms with van der Waals surface area (Å²) in [5, 5.41) is 0. The van der Waals surface area contributed by atoms with E-state index >= 15 is 0 Å². The van der Waals surface area contributed by atoms with Gasteiger partial charge >= 0.3 is 0 Å². The Morgan fingerprint density at radius 1 is 1.07 bits per heavy atom. The third-order valence-corrected chi connectivity index (χ3v) is 6.64. The molecule has 28 heavy (non-hydrogen) atoms. The van der Waals surface area contributed by atoms with Gasteiger partial charge in [0.05, 0.1) is 23.7 Å². The van der Waals surface area contributed by atoms with E-state index in [1.165, 1.54) is 0 Å². The van der Waals surface area contributed by atoms with Gasteiger partial charge < -0.3 is 4.74 Å². The predicted molar refractivity (Wildman–Crippen MR) is 109 cm³/mol. The third kappa shape index (κ3) is 3.53. The minimum Gasteiger partial charge on any atom is -0.494 e. The maximum atomic E-state index is 12.9. The van der Waals surface area contributed by atoms with Gasteiger partial charge in [0.1, 0.15) is 5.75 Å². The van der Waals surface area contributed by atoms with Crippen molar-refractivity contribution in [2.75, 3.05) is 7.11 Å². The standard InChI is InChI=1S/C22H22N2O3S/c1-16-5-3-8-19(13-16)28(25,26)24-22(10-11-22)18-7-4-6-17(14-18)20-9-12-23-15-21(20)27-2/h3-9,12-15,24H,10-11H2,1-2H3. The third-order valence-electron chi connectivity index (χ3n) is 5.11. The van der Waals surface area contributed by atoms with Crippen LogP contribution >= 0.6 is 0 Å². The van der Waals surface area contributed by atoms with Crippen LogP contribution in [-0.4, -0.2) is 20.5 Å². The Bertz CT molecular complexity index is 1120. The SMILES string of the molecule is COc1cnccc1-c1cccc(C2(NS(=O)(=O)c3cccc(C)c3)CC2)c1. The summed E-state index contributed by atoms with van der Waals surface area (Å²) >= 11 is 0. The van der Waals surface area contributed by atoms with E-state index in [0.29, 0.717) is 10.6 Å². The van der Waals surface area contributed by atoms with Crippen LogP contribution in [0.4, 0.5) is 0 Å². The van der Waals surface area contributed by atoms with E-state index < -0.39 is 15.6 Å². The van der Waals surface area contributed by atoms with Gasteiger partial charge in [0.15, 0.2) is 0 Å². The molecule has 0 radical (unpaired) electrons. The lowest BCUT2D eigenvalue weighted by Crippen LogP contribution is -2.34. The lowest BCUT2D eigenvalue weighted by Gasteiger charge is -2.19. The Kier molecular flexibility index (Phi) is 4.69. The van der Waals surface area contributed by atoms with Crippen LogP contribution < -0.4 is 9.46 Å². The zero-order chi connectivity index (χ0) is 19.8. The van der Waals surface area contributed by atoms with E-state index in [1.54, 1.807) is 37.7 Å². The Balaban J connectivity index is 1.68. The molecule has 1 aromatic heterocycles. The van der Waals surface area contributed by atoms with Crippen LogP contribution in [-0.2, 0) is 15.6 Å². The summed E-state index contributed by atoms with van der Waals surface area (Å²) in [5.74, 6) is 0.685. The highest BCUT2D eigenvalue weighted by molar-refractivity contribution is 7.89. The molecule has 1 fully saturated rings. The minimum absolute atomic E-state index is 0.297. The molecule has 1 saturated carbocycles. The topological polar surface area (TPSA) is 68.3 Å². The highest BCUT2D eigenvalue weighted by Crippen LogP contribution is 2.47. The summed E-state index contributed by atoms with van der Waals surface area (Å²) in [4.78, 5) is 4.39. The molecule has 0 spiro atoms. The van der Waals surface area contributed by atoms with Crippen molar-refractivity contribution in [2.45, 2.75) is 30.2 Å². The van der Waals surface area contributed by atoms with Crippen LogP contribution in [0.5, 0.6) is 5.75 Å². The van der Waals surface area contributed by atoms with Gasteiger partial charge in [-0.1, -0.05) is 30.3 Å². The van der Waals surface area contributed by atoms with Crippen LogP contribution in [0.1, 0.15) is 24.0 Å². The summed E-state index contributed by atoms with van der Waals surface area (Å²) in [6.07, 6.45) is 4.94. The minimum atomic E-state index is -3.60. The Hall–Kier alpha value is -2.70. The number of pyridine rings is 1. The first-order valence-electron chi connectivity index (χ1n) is 9.13. The predicted octanol–water partition coefficient (Wildman–Crippen LogP) is 4.03. The number of nitrogens with one attached hydrogen (secondary N) is 1. The van der Waals surface area contributed by atoms with Gasteiger partial charge in [0, 0.05) is 11.8 Å². The highest BCUT2D eigenvalue weighted by atomic mass is 32.2. The number of sulfonamides is 1. The van der Waals surface area contributed by atoms with Gasteiger partial charge in [-0.2, -0.15) is 0 Å². The number of ether oxygens (including phenoxy) is 1. The fourth-order valence-electron chi connectivity index (χ4n) is 3.44. The van der Waals surface area contributed by atoms with Crippen molar-refractivity contribution in [3.05, 3.63) is 78.1 Å². The van der Waals surface area contributed by atoms with Crippen molar-refractivity contribution in [1.29, 1.82) is 0 Å². The van der Waals surface area contributed by atoms with E-state index in [1.807, 2.05) is 43.3 Å². The van der Waals surface area contributed by atoms with Crippen LogP contribution in [0.15, 0.2) is 71.9 Å². The molecule has 1 aliphatic carbocycles. The Morgan fingerprint density at radius 3 is 2.57 bits per heavy atom. The van der Waals surface area contributed by atoms with Crippen molar-refractivity contribution in [2.24, 2.45) is 0 Å². The molecule has 3 aromatic rings. The lowest BCUT2D eigenvalue weighted by molar-refractivity contribution is 0.414. The molecule has 0 saturated heterocycles. The molecule has 1 aliphatic rings. The van der Waals surface area contributed by atoms with Crippen molar-refractivity contribution in [3.8, 4) is 16.9 Å². The number of benzene rings is 2. The van der Waals surface area contributed by atoms with Crippen molar-refractivity contribution < 1.29 is 13.2 Å². The second-order valence-corrected chi connectivity index (χ2v) is 8.84. The highest BCUT2D eigenvalue weighted by Gasteiger charge is 2.47. The maximum absolute atomic E-state index is 12.9. The van der Waals surface area contributed by atoms with Crippen molar-refractivity contribution in [1.82, 2.24) is 9.71 Å². The second-order valence-electron chi connectivity index (χ2n) is 7.16. The van der Waals surface area contributed by atoms with Gasteiger partial charge in [-0.3, -0.25) is 4.98 Å². The lowest BCUT2D eigenvalue weighted by atomic mass is 9.99. The molecular weight excluding hydrogens is 372 g/mol. The van der Waals surface area contributed by atoms with Crippen molar-refractivity contribution in [3.63, 3.8) is 0 Å². The number of nitrogens with zero attached hydrogens (tertiary/aromatic N) is 1. The van der Waals surface area contributed by atoms with Gasteiger partial charge in [0.2, 0.25) is 10.0 Å². The average Bonchev–Trinajstić information content (AvgIpc) is 3.48. The van der Waals surface area contributed by atoms with Crippen LogP contribution in [0.3, 0.4) is 0 Å². The van der Waals surface area contributed by atoms with Gasteiger partial charge in [-0.15, -0.1) is 0 Å². The zero-order valence-electron chi connectivity index (χ0n) is 15.8. The fraction of sp³-hybridized carbons (Fsp3) is 0.227. The molecule has 4 rings (SSSR count). The van der Waals surface area contributed by atoms with Gasteiger partial charge in [0.25, 0.3) is 0 Å². The number of aryl methyl sites for hydroxylation is 1. The molecule has 6 heteroatoms. The molecular formula is C22H22N2O3S. The average molecular weight is 394 g/mol. The van der Waals surface area contributed by atoms with E-state index in [4.69, 9.17) is 4.74 Å². The first kappa shape index (κ1) is 18.7. The summed E-state index contributed by atoms with van der Waals surface area (Å²) in [6.45, 7) is 1.89. The van der Waals surface area contributed by atoms with Gasteiger partial charge in [-0.05, 0) is 60.7 Å². The summed E-state index contributed by atoms with van der Waals surface area (Å²) in [7, 11) is -1.99. The monoisotopic (exact) mass is 394 g/mol. The number of hydrogen-bond acceptors (Lipinski definition) is 4. The molecule has 0 bridgehead atoms. The fourth-order valence-corrected chi connectivity index (χ4v) is 4.99. The summed E-state index contributed by atoms with van der Waals surface area (Å²) in [5.41, 5.74) is 3.22.